The smallest absolute Gasteiger partial charge is 0.332 e. The first-order valence-corrected chi connectivity index (χ1v) is 7.55. The Labute approximate surface area is 131 Å². The number of rotatable bonds is 7. The molecule has 3 heteroatoms. The molecule has 114 valence electrons. The van der Waals surface area contributed by atoms with Gasteiger partial charge in [-0.25, -0.2) is 4.79 Å². The van der Waals surface area contributed by atoms with Crippen LogP contribution in [0.25, 0.3) is 0 Å². The van der Waals surface area contributed by atoms with Gasteiger partial charge in [0.15, 0.2) is 0 Å². The molecule has 3 nitrogen and oxygen atoms in total. The van der Waals surface area contributed by atoms with Gasteiger partial charge >= 0.3 is 5.97 Å². The number of carbonyl (C=O) groups is 1. The predicted molar refractivity (Wildman–Crippen MR) is 90.0 cm³/mol. The minimum absolute atomic E-state index is 0.315. The van der Waals surface area contributed by atoms with E-state index in [4.69, 9.17) is 4.74 Å². The fourth-order valence-corrected chi connectivity index (χ4v) is 2.00. The van der Waals surface area contributed by atoms with Crippen molar-refractivity contribution < 1.29 is 9.53 Å². The van der Waals surface area contributed by atoms with Crippen LogP contribution in [0.4, 0.5) is 11.4 Å². The van der Waals surface area contributed by atoms with Crippen LogP contribution in [0.1, 0.15) is 19.8 Å². The maximum atomic E-state index is 11.7. The van der Waals surface area contributed by atoms with Crippen LogP contribution in [0, 0.1) is 0 Å². The Balaban J connectivity index is 2.14. The summed E-state index contributed by atoms with van der Waals surface area (Å²) in [5.41, 5.74) is 1.98. The first-order valence-electron chi connectivity index (χ1n) is 7.55. The number of unbranched alkanes of at least 4 members (excludes halogenated alkanes) is 1. The maximum absolute atomic E-state index is 11.7. The van der Waals surface area contributed by atoms with Gasteiger partial charge in [0, 0.05) is 23.7 Å². The van der Waals surface area contributed by atoms with E-state index in [0.29, 0.717) is 6.61 Å². The van der Waals surface area contributed by atoms with Crippen LogP contribution < -0.4 is 4.90 Å². The molecule has 0 spiro atoms. The summed E-state index contributed by atoms with van der Waals surface area (Å²) in [4.78, 5) is 13.7. The summed E-state index contributed by atoms with van der Waals surface area (Å²) < 4.78 is 5.15. The second-order valence-electron chi connectivity index (χ2n) is 4.88. The van der Waals surface area contributed by atoms with Gasteiger partial charge in [0.05, 0.1) is 6.61 Å². The van der Waals surface area contributed by atoms with Gasteiger partial charge < -0.3 is 9.64 Å². The number of carbonyl (C=O) groups excluding carboxylic acids is 1. The van der Waals surface area contributed by atoms with Crippen LogP contribution in [0.5, 0.6) is 0 Å². The van der Waals surface area contributed by atoms with Crippen molar-refractivity contribution in [2.75, 3.05) is 11.5 Å². The minimum Gasteiger partial charge on any atom is -0.462 e. The Morgan fingerprint density at radius 2 is 1.55 bits per heavy atom. The maximum Gasteiger partial charge on any atom is 0.332 e. The largest absolute Gasteiger partial charge is 0.462 e. The first kappa shape index (κ1) is 15.8. The molecule has 2 rings (SSSR count). The van der Waals surface area contributed by atoms with E-state index >= 15 is 0 Å². The van der Waals surface area contributed by atoms with Crippen LogP contribution in [0.3, 0.4) is 0 Å². The Bertz CT molecular complexity index is 554. The molecule has 0 radical (unpaired) electrons. The highest BCUT2D eigenvalue weighted by Gasteiger charge is 2.06. The number of para-hydroxylation sites is 2. The van der Waals surface area contributed by atoms with Crippen molar-refractivity contribution in [1.29, 1.82) is 0 Å². The van der Waals surface area contributed by atoms with Crippen LogP contribution in [-0.2, 0) is 9.53 Å². The third-order valence-corrected chi connectivity index (χ3v) is 3.17. The third kappa shape index (κ3) is 4.77. The van der Waals surface area contributed by atoms with Crippen molar-refractivity contribution >= 4 is 17.3 Å². The second kappa shape index (κ2) is 8.67. The van der Waals surface area contributed by atoms with Gasteiger partial charge in [-0.3, -0.25) is 0 Å². The predicted octanol–water partition coefficient (Wildman–Crippen LogP) is 4.68. The molecule has 0 aromatic heterocycles. The number of hydrogen-bond acceptors (Lipinski definition) is 3. The van der Waals surface area contributed by atoms with E-state index in [1.807, 2.05) is 65.6 Å². The molecular formula is C19H21NO2. The fraction of sp³-hybridized carbons (Fsp3) is 0.211. The van der Waals surface area contributed by atoms with Crippen LogP contribution in [0.2, 0.25) is 0 Å². The number of anilines is 2. The fourth-order valence-electron chi connectivity index (χ4n) is 2.00. The molecule has 2 aromatic rings. The molecule has 0 aliphatic carbocycles. The standard InChI is InChI=1S/C19H21NO2/c1-2-3-16-22-19(21)14-15-20(17-10-6-4-7-11-17)18-12-8-5-9-13-18/h4-15H,2-3,16H2,1H3/b15-14+. The van der Waals surface area contributed by atoms with Crippen molar-refractivity contribution in [2.45, 2.75) is 19.8 Å². The number of esters is 1. The van der Waals surface area contributed by atoms with Crippen LogP contribution >= 0.6 is 0 Å². The summed E-state index contributed by atoms with van der Waals surface area (Å²) in [6.07, 6.45) is 5.12. The van der Waals surface area contributed by atoms with Crippen molar-refractivity contribution in [1.82, 2.24) is 0 Å². The molecule has 22 heavy (non-hydrogen) atoms. The summed E-state index contributed by atoms with van der Waals surface area (Å²) in [7, 11) is 0. The molecule has 0 atom stereocenters. The van der Waals surface area contributed by atoms with E-state index in [1.165, 1.54) is 6.08 Å². The Morgan fingerprint density at radius 3 is 2.05 bits per heavy atom. The molecule has 0 N–H and O–H groups in total. The summed E-state index contributed by atoms with van der Waals surface area (Å²) in [5.74, 6) is -0.315. The first-order chi connectivity index (χ1) is 10.8. The average Bonchev–Trinajstić information content (AvgIpc) is 2.57. The number of ether oxygens (including phenoxy) is 1. The lowest BCUT2D eigenvalue weighted by Gasteiger charge is -2.20. The molecule has 0 saturated heterocycles. The molecule has 0 saturated carbocycles. The summed E-state index contributed by atoms with van der Waals surface area (Å²) >= 11 is 0. The minimum atomic E-state index is -0.315. The lowest BCUT2D eigenvalue weighted by Crippen LogP contribution is -2.10. The van der Waals surface area contributed by atoms with Gasteiger partial charge in [0.25, 0.3) is 0 Å². The zero-order valence-corrected chi connectivity index (χ0v) is 12.8. The molecule has 0 aliphatic heterocycles. The van der Waals surface area contributed by atoms with Crippen molar-refractivity contribution in [3.8, 4) is 0 Å². The van der Waals surface area contributed by atoms with E-state index < -0.39 is 0 Å². The molecule has 0 bridgehead atoms. The highest BCUT2D eigenvalue weighted by Crippen LogP contribution is 2.25. The summed E-state index contributed by atoms with van der Waals surface area (Å²) in [6, 6.07) is 19.8. The van der Waals surface area contributed by atoms with E-state index in [9.17, 15) is 4.79 Å². The van der Waals surface area contributed by atoms with Gasteiger partial charge in [-0.15, -0.1) is 0 Å². The van der Waals surface area contributed by atoms with Crippen LogP contribution in [-0.4, -0.2) is 12.6 Å². The van der Waals surface area contributed by atoms with Gasteiger partial charge in [-0.2, -0.15) is 0 Å². The van der Waals surface area contributed by atoms with Gasteiger partial charge in [0.1, 0.15) is 0 Å². The van der Waals surface area contributed by atoms with Gasteiger partial charge in [0.2, 0.25) is 0 Å². The molecule has 0 unspecified atom stereocenters. The molecular weight excluding hydrogens is 274 g/mol. The Kier molecular flexibility index (Phi) is 6.24. The second-order valence-corrected chi connectivity index (χ2v) is 4.88. The normalized spacial score (nSPS) is 10.6. The van der Waals surface area contributed by atoms with E-state index in [2.05, 4.69) is 6.92 Å². The highest BCUT2D eigenvalue weighted by atomic mass is 16.5. The Hall–Kier alpha value is -2.55. The van der Waals surface area contributed by atoms with E-state index in [0.717, 1.165) is 24.2 Å². The van der Waals surface area contributed by atoms with Crippen molar-refractivity contribution in [3.63, 3.8) is 0 Å². The third-order valence-electron chi connectivity index (χ3n) is 3.17. The van der Waals surface area contributed by atoms with Crippen molar-refractivity contribution in [3.05, 3.63) is 72.9 Å². The zero-order valence-electron chi connectivity index (χ0n) is 12.8. The Morgan fingerprint density at radius 1 is 1.00 bits per heavy atom. The van der Waals surface area contributed by atoms with E-state index in [-0.39, 0.29) is 5.97 Å². The lowest BCUT2D eigenvalue weighted by molar-refractivity contribution is -0.137. The van der Waals surface area contributed by atoms with Crippen molar-refractivity contribution in [2.24, 2.45) is 0 Å². The van der Waals surface area contributed by atoms with Gasteiger partial charge in [-0.1, -0.05) is 49.7 Å². The average molecular weight is 295 g/mol. The monoisotopic (exact) mass is 295 g/mol. The number of benzene rings is 2. The molecule has 0 aliphatic rings. The quantitative estimate of drug-likeness (QED) is 0.422. The zero-order chi connectivity index (χ0) is 15.6. The molecule has 2 aromatic carbocycles. The highest BCUT2D eigenvalue weighted by molar-refractivity contribution is 5.83. The van der Waals surface area contributed by atoms with Gasteiger partial charge in [-0.05, 0) is 30.7 Å². The molecule has 0 heterocycles. The topological polar surface area (TPSA) is 29.5 Å². The summed E-state index contributed by atoms with van der Waals surface area (Å²) in [6.45, 7) is 2.53. The lowest BCUT2D eigenvalue weighted by atomic mass is 10.2. The number of hydrogen-bond donors (Lipinski definition) is 0. The number of nitrogens with zero attached hydrogens (tertiary/aromatic N) is 1. The van der Waals surface area contributed by atoms with Crippen LogP contribution in [0.15, 0.2) is 72.9 Å². The molecule has 0 fully saturated rings. The summed E-state index contributed by atoms with van der Waals surface area (Å²) in [5, 5.41) is 0. The SMILES string of the molecule is CCCCOC(=O)/C=C/N(c1ccccc1)c1ccccc1. The van der Waals surface area contributed by atoms with E-state index in [1.54, 1.807) is 6.20 Å². The molecule has 0 amide bonds.